The number of carbonyl (C=O) groups is 1. The van der Waals surface area contributed by atoms with Gasteiger partial charge in [0.05, 0.1) is 22.0 Å². The third-order valence-corrected chi connectivity index (χ3v) is 6.17. The molecule has 0 unspecified atom stereocenters. The van der Waals surface area contributed by atoms with E-state index in [-0.39, 0.29) is 11.8 Å². The molecule has 2 N–H and O–H groups in total. The summed E-state index contributed by atoms with van der Waals surface area (Å²) in [6, 6.07) is 22.8. The van der Waals surface area contributed by atoms with Crippen LogP contribution in [0.3, 0.4) is 0 Å². The molecule has 1 aromatic heterocycles. The molecule has 0 saturated carbocycles. The Morgan fingerprint density at radius 2 is 1.66 bits per heavy atom. The zero-order valence-electron chi connectivity index (χ0n) is 16.6. The van der Waals surface area contributed by atoms with Crippen LogP contribution in [0.15, 0.2) is 78.9 Å². The first-order valence-electron chi connectivity index (χ1n) is 9.86. The van der Waals surface area contributed by atoms with Gasteiger partial charge in [-0.25, -0.2) is 9.78 Å². The highest BCUT2D eigenvalue weighted by Gasteiger charge is 2.32. The van der Waals surface area contributed by atoms with Crippen LogP contribution in [-0.2, 0) is 0 Å². The third kappa shape index (κ3) is 3.92. The fourth-order valence-corrected chi connectivity index (χ4v) is 4.75. The predicted octanol–water partition coefficient (Wildman–Crippen LogP) is 5.82. The summed E-state index contributed by atoms with van der Waals surface area (Å²) in [5.41, 5.74) is 3.90. The standard InChI is InChI=1S/C24H17F2N3O2S/c25-23(26)31-16-12-10-15(11-13-16)21-19(22-27-17-8-4-5-9-18(17)32-22)20(28-24(30)29-21)14-6-2-1-3-7-14/h1-13,21,23H,(H2,28,29,30)/t21-/m0/s1. The van der Waals surface area contributed by atoms with Crippen molar-refractivity contribution in [2.24, 2.45) is 0 Å². The van der Waals surface area contributed by atoms with Gasteiger partial charge in [0.25, 0.3) is 0 Å². The molecule has 5 nitrogen and oxygen atoms in total. The maximum atomic E-state index is 12.6. The molecule has 0 aliphatic carbocycles. The Hall–Kier alpha value is -3.78. The molecular formula is C24H17F2N3O2S. The van der Waals surface area contributed by atoms with Crippen molar-refractivity contribution in [1.29, 1.82) is 0 Å². The second kappa shape index (κ2) is 8.39. The van der Waals surface area contributed by atoms with Crippen LogP contribution >= 0.6 is 11.3 Å². The Kier molecular flexibility index (Phi) is 5.28. The Morgan fingerprint density at radius 3 is 2.38 bits per heavy atom. The summed E-state index contributed by atoms with van der Waals surface area (Å²) < 4.78 is 30.6. The second-order valence-electron chi connectivity index (χ2n) is 7.12. The molecule has 0 fully saturated rings. The first kappa shape index (κ1) is 20.1. The summed E-state index contributed by atoms with van der Waals surface area (Å²) in [5, 5.41) is 6.65. The van der Waals surface area contributed by atoms with Crippen molar-refractivity contribution in [3.8, 4) is 5.75 Å². The summed E-state index contributed by atoms with van der Waals surface area (Å²) in [5.74, 6) is 0.0535. The number of fused-ring (bicyclic) bond motifs is 1. The van der Waals surface area contributed by atoms with Crippen molar-refractivity contribution in [1.82, 2.24) is 15.6 Å². The van der Waals surface area contributed by atoms with E-state index in [9.17, 15) is 13.6 Å². The molecule has 1 aliphatic rings. The summed E-state index contributed by atoms with van der Waals surface area (Å²) in [6.45, 7) is -2.90. The van der Waals surface area contributed by atoms with Crippen LogP contribution in [0.2, 0.25) is 0 Å². The van der Waals surface area contributed by atoms with Gasteiger partial charge in [0.15, 0.2) is 0 Å². The molecule has 3 aromatic carbocycles. The molecule has 5 rings (SSSR count). The van der Waals surface area contributed by atoms with Gasteiger partial charge >= 0.3 is 12.6 Å². The molecule has 2 heterocycles. The van der Waals surface area contributed by atoms with Crippen LogP contribution < -0.4 is 15.4 Å². The van der Waals surface area contributed by atoms with Crippen molar-refractivity contribution in [2.45, 2.75) is 12.7 Å². The van der Waals surface area contributed by atoms with Gasteiger partial charge in [-0.3, -0.25) is 0 Å². The minimum absolute atomic E-state index is 0.0535. The molecule has 8 heteroatoms. The van der Waals surface area contributed by atoms with Crippen molar-refractivity contribution in [2.75, 3.05) is 0 Å². The molecule has 2 amide bonds. The van der Waals surface area contributed by atoms with Crippen LogP contribution in [0.5, 0.6) is 5.75 Å². The quantitative estimate of drug-likeness (QED) is 0.404. The number of ether oxygens (including phenoxy) is 1. The number of carbonyl (C=O) groups excluding carboxylic acids is 1. The molecule has 32 heavy (non-hydrogen) atoms. The Labute approximate surface area is 186 Å². The van der Waals surface area contributed by atoms with Gasteiger partial charge in [-0.05, 0) is 35.4 Å². The molecule has 0 saturated heterocycles. The van der Waals surface area contributed by atoms with Crippen molar-refractivity contribution >= 4 is 38.9 Å². The van der Waals surface area contributed by atoms with Gasteiger partial charge in [0.2, 0.25) is 0 Å². The third-order valence-electron chi connectivity index (χ3n) is 5.10. The normalized spacial score (nSPS) is 16.2. The molecule has 4 aromatic rings. The van der Waals surface area contributed by atoms with Gasteiger partial charge in [-0.15, -0.1) is 11.3 Å². The van der Waals surface area contributed by atoms with Gasteiger partial charge in [-0.1, -0.05) is 54.6 Å². The minimum atomic E-state index is -2.90. The van der Waals surface area contributed by atoms with Crippen LogP contribution in [0.4, 0.5) is 13.6 Å². The monoisotopic (exact) mass is 449 g/mol. The number of halogens is 2. The number of hydrogen-bond donors (Lipinski definition) is 2. The summed E-state index contributed by atoms with van der Waals surface area (Å²) in [6.07, 6.45) is 0. The van der Waals surface area contributed by atoms with Gasteiger partial charge in [-0.2, -0.15) is 8.78 Å². The molecular weight excluding hydrogens is 432 g/mol. The van der Waals surface area contributed by atoms with Gasteiger partial charge in [0, 0.05) is 5.57 Å². The number of alkyl halides is 2. The molecule has 0 radical (unpaired) electrons. The van der Waals surface area contributed by atoms with E-state index in [0.717, 1.165) is 31.9 Å². The van der Waals surface area contributed by atoms with E-state index >= 15 is 0 Å². The van der Waals surface area contributed by atoms with Crippen LogP contribution in [0, 0.1) is 0 Å². The van der Waals surface area contributed by atoms with Gasteiger partial charge in [0.1, 0.15) is 10.8 Å². The number of hydrogen-bond acceptors (Lipinski definition) is 4. The number of nitrogens with one attached hydrogen (secondary N) is 2. The number of urea groups is 1. The topological polar surface area (TPSA) is 63.2 Å². The average molecular weight is 449 g/mol. The smallest absolute Gasteiger partial charge is 0.387 e. The van der Waals surface area contributed by atoms with Gasteiger partial charge < -0.3 is 15.4 Å². The Morgan fingerprint density at radius 1 is 0.938 bits per heavy atom. The molecule has 160 valence electrons. The Balaban J connectivity index is 1.68. The molecule has 1 aliphatic heterocycles. The molecule has 1 atom stereocenters. The summed E-state index contributed by atoms with van der Waals surface area (Å²) >= 11 is 1.53. The number of thiazole rings is 1. The zero-order valence-corrected chi connectivity index (χ0v) is 17.4. The largest absolute Gasteiger partial charge is 0.435 e. The van der Waals surface area contributed by atoms with Crippen molar-refractivity contribution in [3.05, 3.63) is 95.0 Å². The first-order chi connectivity index (χ1) is 15.6. The maximum Gasteiger partial charge on any atom is 0.387 e. The van der Waals surface area contributed by atoms with E-state index < -0.39 is 12.7 Å². The number of nitrogens with zero attached hydrogens (tertiary/aromatic N) is 1. The fraction of sp³-hybridized carbons (Fsp3) is 0.0833. The lowest BCUT2D eigenvalue weighted by molar-refractivity contribution is -0.0498. The fourth-order valence-electron chi connectivity index (χ4n) is 3.71. The maximum absolute atomic E-state index is 12.6. The summed E-state index contributed by atoms with van der Waals surface area (Å²) in [4.78, 5) is 17.4. The second-order valence-corrected chi connectivity index (χ2v) is 8.15. The summed E-state index contributed by atoms with van der Waals surface area (Å²) in [7, 11) is 0. The van der Waals surface area contributed by atoms with Crippen LogP contribution in [0.25, 0.3) is 21.5 Å². The van der Waals surface area contributed by atoms with Crippen LogP contribution in [0.1, 0.15) is 22.2 Å². The lowest BCUT2D eigenvalue weighted by Crippen LogP contribution is -2.42. The lowest BCUT2D eigenvalue weighted by Gasteiger charge is -2.30. The number of aromatic nitrogens is 1. The van der Waals surface area contributed by atoms with Crippen LogP contribution in [-0.4, -0.2) is 17.6 Å². The highest BCUT2D eigenvalue weighted by atomic mass is 32.1. The number of benzene rings is 3. The minimum Gasteiger partial charge on any atom is -0.435 e. The number of para-hydroxylation sites is 1. The number of rotatable bonds is 5. The zero-order chi connectivity index (χ0) is 22.1. The van der Waals surface area contributed by atoms with E-state index in [0.29, 0.717) is 5.70 Å². The van der Waals surface area contributed by atoms with E-state index in [4.69, 9.17) is 4.98 Å². The van der Waals surface area contributed by atoms with Crippen molar-refractivity contribution < 1.29 is 18.3 Å². The first-order valence-corrected chi connectivity index (χ1v) is 10.7. The average Bonchev–Trinajstić information content (AvgIpc) is 3.23. The van der Waals surface area contributed by atoms with Crippen molar-refractivity contribution in [3.63, 3.8) is 0 Å². The van der Waals surface area contributed by atoms with E-state index in [1.807, 2.05) is 54.6 Å². The molecule has 0 bridgehead atoms. The highest BCUT2D eigenvalue weighted by Crippen LogP contribution is 2.41. The molecule has 0 spiro atoms. The Bertz CT molecular complexity index is 1270. The highest BCUT2D eigenvalue weighted by molar-refractivity contribution is 7.19. The van der Waals surface area contributed by atoms with E-state index in [1.54, 1.807) is 12.1 Å². The predicted molar refractivity (Wildman–Crippen MR) is 120 cm³/mol. The lowest BCUT2D eigenvalue weighted by atomic mass is 9.93. The number of amides is 2. The van der Waals surface area contributed by atoms with E-state index in [1.165, 1.54) is 23.5 Å². The SMILES string of the molecule is O=C1NC(c2ccccc2)=C(c2nc3ccccc3s2)[C@H](c2ccc(OC(F)F)cc2)N1. The van der Waals surface area contributed by atoms with E-state index in [2.05, 4.69) is 15.4 Å².